The van der Waals surface area contributed by atoms with Gasteiger partial charge in [-0.25, -0.2) is 4.79 Å². The van der Waals surface area contributed by atoms with Crippen molar-refractivity contribution in [2.24, 2.45) is 0 Å². The fourth-order valence-electron chi connectivity index (χ4n) is 5.42. The van der Waals surface area contributed by atoms with Gasteiger partial charge in [0.15, 0.2) is 5.25 Å². The van der Waals surface area contributed by atoms with Crippen LogP contribution in [0.15, 0.2) is 48.5 Å². The second-order valence-corrected chi connectivity index (χ2v) is 15.7. The SMILES string of the molecule is O=C(CCSSCCOC(=O)NC1CCCCC1)NCC(C(=O)NCCC(=O)N1Cc2ccccc2/C=C\c2ccccc21)S(=O)(=O)O. The van der Waals surface area contributed by atoms with Gasteiger partial charge in [-0.3, -0.25) is 18.9 Å². The third-order valence-corrected chi connectivity index (χ3v) is 11.4. The van der Waals surface area contributed by atoms with Gasteiger partial charge >= 0.3 is 6.09 Å². The van der Waals surface area contributed by atoms with Crippen LogP contribution in [0.25, 0.3) is 12.2 Å². The van der Waals surface area contributed by atoms with Gasteiger partial charge in [0.2, 0.25) is 17.7 Å². The van der Waals surface area contributed by atoms with Crippen LogP contribution in [0, 0.1) is 0 Å². The van der Waals surface area contributed by atoms with Crippen LogP contribution >= 0.6 is 21.6 Å². The maximum atomic E-state index is 13.4. The second-order valence-electron chi connectivity index (χ2n) is 11.4. The van der Waals surface area contributed by atoms with Gasteiger partial charge in [0.25, 0.3) is 10.1 Å². The Labute approximate surface area is 289 Å². The summed E-state index contributed by atoms with van der Waals surface area (Å²) in [5, 5.41) is 5.75. The van der Waals surface area contributed by atoms with Gasteiger partial charge in [-0.1, -0.05) is 95.5 Å². The van der Waals surface area contributed by atoms with Crippen molar-refractivity contribution in [3.8, 4) is 0 Å². The first-order valence-electron chi connectivity index (χ1n) is 16.0. The number of alkyl carbamates (subject to hydrolysis) is 1. The van der Waals surface area contributed by atoms with E-state index in [1.807, 2.05) is 60.7 Å². The predicted octanol–water partition coefficient (Wildman–Crippen LogP) is 4.41. The molecule has 0 radical (unpaired) electrons. The lowest BCUT2D eigenvalue weighted by molar-refractivity contribution is -0.121. The number of rotatable bonds is 15. The minimum atomic E-state index is -4.85. The molecule has 0 saturated heterocycles. The number of para-hydroxylation sites is 1. The second kappa shape index (κ2) is 18.9. The molecule has 1 aliphatic carbocycles. The highest BCUT2D eigenvalue weighted by Crippen LogP contribution is 2.29. The van der Waals surface area contributed by atoms with Gasteiger partial charge in [-0.15, -0.1) is 0 Å². The zero-order chi connectivity index (χ0) is 34.4. The van der Waals surface area contributed by atoms with E-state index in [-0.39, 0.29) is 37.9 Å². The predicted molar refractivity (Wildman–Crippen MR) is 190 cm³/mol. The molecule has 4 amide bonds. The van der Waals surface area contributed by atoms with Crippen LogP contribution in [0.1, 0.15) is 61.6 Å². The van der Waals surface area contributed by atoms with Crippen LogP contribution in [0.4, 0.5) is 10.5 Å². The zero-order valence-corrected chi connectivity index (χ0v) is 29.0. The molecular formula is C33H42N4O8S3. The van der Waals surface area contributed by atoms with Crippen molar-refractivity contribution in [3.63, 3.8) is 0 Å². The normalized spacial score (nSPS) is 15.9. The molecule has 1 saturated carbocycles. The lowest BCUT2D eigenvalue weighted by Gasteiger charge is -2.27. The molecule has 0 aromatic heterocycles. The van der Waals surface area contributed by atoms with Crippen LogP contribution in [0.2, 0.25) is 0 Å². The molecule has 1 atom stereocenters. The lowest BCUT2D eigenvalue weighted by atomic mass is 9.96. The van der Waals surface area contributed by atoms with Crippen LogP contribution in [-0.2, 0) is 35.8 Å². The van der Waals surface area contributed by atoms with E-state index in [2.05, 4.69) is 16.0 Å². The molecule has 0 spiro atoms. The Morgan fingerprint density at radius 1 is 0.896 bits per heavy atom. The van der Waals surface area contributed by atoms with Crippen molar-refractivity contribution < 1.29 is 36.9 Å². The summed E-state index contributed by atoms with van der Waals surface area (Å²) in [6.45, 7) is -0.253. The van der Waals surface area contributed by atoms with E-state index in [9.17, 15) is 32.1 Å². The minimum Gasteiger partial charge on any atom is -0.449 e. The number of hydrogen-bond acceptors (Lipinski definition) is 9. The van der Waals surface area contributed by atoms with E-state index >= 15 is 0 Å². The topological polar surface area (TPSA) is 171 Å². The van der Waals surface area contributed by atoms with Crippen LogP contribution in [0.5, 0.6) is 0 Å². The van der Waals surface area contributed by atoms with Gasteiger partial charge in [0, 0.05) is 43.5 Å². The number of fused-ring (bicyclic) bond motifs is 2. The number of hydrogen-bond donors (Lipinski definition) is 4. The summed E-state index contributed by atoms with van der Waals surface area (Å²) in [6, 6.07) is 15.4. The van der Waals surface area contributed by atoms with E-state index < -0.39 is 39.8 Å². The number of amides is 4. The Bertz CT molecular complexity index is 1560. The summed E-state index contributed by atoms with van der Waals surface area (Å²) < 4.78 is 38.9. The molecule has 12 nitrogen and oxygen atoms in total. The maximum Gasteiger partial charge on any atom is 0.407 e. The highest BCUT2D eigenvalue weighted by atomic mass is 33.1. The van der Waals surface area contributed by atoms with Crippen molar-refractivity contribution >= 4 is 73.4 Å². The summed E-state index contributed by atoms with van der Waals surface area (Å²) in [6.07, 6.45) is 8.81. The summed E-state index contributed by atoms with van der Waals surface area (Å²) in [7, 11) is -2.03. The fraction of sp³-hybridized carbons (Fsp3) is 0.455. The molecule has 1 heterocycles. The summed E-state index contributed by atoms with van der Waals surface area (Å²) in [4.78, 5) is 52.0. The Kier molecular flexibility index (Phi) is 14.7. The summed E-state index contributed by atoms with van der Waals surface area (Å²) >= 11 is 0. The minimum absolute atomic E-state index is 0.0463. The van der Waals surface area contributed by atoms with E-state index in [1.165, 1.54) is 28.0 Å². The van der Waals surface area contributed by atoms with E-state index in [1.54, 1.807) is 4.90 Å². The van der Waals surface area contributed by atoms with E-state index in [4.69, 9.17) is 4.74 Å². The Morgan fingerprint density at radius 3 is 2.35 bits per heavy atom. The molecule has 15 heteroatoms. The first kappa shape index (κ1) is 37.3. The first-order chi connectivity index (χ1) is 23.1. The quantitative estimate of drug-likeness (QED) is 0.118. The maximum absolute atomic E-state index is 13.4. The van der Waals surface area contributed by atoms with Crippen molar-refractivity contribution in [1.82, 2.24) is 16.0 Å². The van der Waals surface area contributed by atoms with E-state index in [0.29, 0.717) is 23.7 Å². The smallest absolute Gasteiger partial charge is 0.407 e. The molecule has 1 aliphatic heterocycles. The molecule has 4 N–H and O–H groups in total. The van der Waals surface area contributed by atoms with Gasteiger partial charge in [-0.05, 0) is 35.6 Å². The van der Waals surface area contributed by atoms with Crippen molar-refractivity contribution in [2.75, 3.05) is 36.1 Å². The molecule has 2 aromatic rings. The molecule has 4 rings (SSSR count). The molecule has 2 aliphatic rings. The molecule has 1 unspecified atom stereocenters. The van der Waals surface area contributed by atoms with Crippen molar-refractivity contribution in [2.45, 2.75) is 62.8 Å². The molecular weight excluding hydrogens is 677 g/mol. The standard InChI is InChI=1S/C33H42N4O8S3/c38-30(17-20-46-47-21-19-45-33(41)36-27-11-2-1-3-12-27)35-22-29(48(42,43)44)32(40)34-18-16-31(39)37-23-26-10-5-4-8-24(26)14-15-25-9-6-7-13-28(25)37/h4-10,13-15,27,29H,1-3,11-12,16-23H2,(H,34,40)(H,35,38)(H,36,41)(H,42,43,44)/b15-14-. The first-order valence-corrected chi connectivity index (χ1v) is 19.9. The summed E-state index contributed by atoms with van der Waals surface area (Å²) in [5.74, 6) is -0.867. The highest BCUT2D eigenvalue weighted by molar-refractivity contribution is 8.76. The van der Waals surface area contributed by atoms with Crippen LogP contribution in [0.3, 0.4) is 0 Å². The number of benzene rings is 2. The zero-order valence-electron chi connectivity index (χ0n) is 26.6. The van der Waals surface area contributed by atoms with Gasteiger partial charge in [-0.2, -0.15) is 8.42 Å². The van der Waals surface area contributed by atoms with Gasteiger partial charge in [0.1, 0.15) is 6.61 Å². The third-order valence-electron chi connectivity index (χ3n) is 7.95. The van der Waals surface area contributed by atoms with E-state index in [0.717, 1.165) is 42.4 Å². The van der Waals surface area contributed by atoms with Gasteiger partial charge < -0.3 is 25.6 Å². The molecule has 260 valence electrons. The number of ether oxygens (including phenoxy) is 1. The average molecular weight is 719 g/mol. The largest absolute Gasteiger partial charge is 0.449 e. The number of anilines is 1. The molecule has 2 aromatic carbocycles. The third kappa shape index (κ3) is 11.9. The number of carbonyl (C=O) groups excluding carboxylic acids is 4. The van der Waals surface area contributed by atoms with Crippen molar-refractivity contribution in [3.05, 3.63) is 65.2 Å². The Balaban J connectivity index is 1.16. The number of carbonyl (C=O) groups is 4. The number of nitrogens with one attached hydrogen (secondary N) is 3. The van der Waals surface area contributed by atoms with Crippen LogP contribution in [-0.4, -0.2) is 79.3 Å². The molecule has 0 bridgehead atoms. The number of nitrogens with zero attached hydrogens (tertiary/aromatic N) is 1. The molecule has 1 fully saturated rings. The van der Waals surface area contributed by atoms with Gasteiger partial charge in [0.05, 0.1) is 12.2 Å². The monoisotopic (exact) mass is 718 g/mol. The van der Waals surface area contributed by atoms with Crippen LogP contribution < -0.4 is 20.9 Å². The Hall–Kier alpha value is -3.53. The Morgan fingerprint density at radius 2 is 1.58 bits per heavy atom. The average Bonchev–Trinajstić information content (AvgIpc) is 3.05. The van der Waals surface area contributed by atoms with Crippen molar-refractivity contribution in [1.29, 1.82) is 0 Å². The fourth-order valence-corrected chi connectivity index (χ4v) is 7.88. The lowest BCUT2D eigenvalue weighted by Crippen LogP contribution is -2.47. The highest BCUT2D eigenvalue weighted by Gasteiger charge is 2.31. The molecule has 48 heavy (non-hydrogen) atoms. The summed E-state index contributed by atoms with van der Waals surface area (Å²) in [5.41, 5.74) is 3.49.